The molecule has 1 saturated carbocycles. The van der Waals surface area contributed by atoms with Crippen molar-refractivity contribution in [1.82, 2.24) is 19.8 Å². The van der Waals surface area contributed by atoms with Gasteiger partial charge in [-0.25, -0.2) is 4.98 Å². The third kappa shape index (κ3) is 6.77. The summed E-state index contributed by atoms with van der Waals surface area (Å²) in [6.07, 6.45) is 6.26. The minimum atomic E-state index is -0.669. The fourth-order valence-electron chi connectivity index (χ4n) is 5.03. The van der Waals surface area contributed by atoms with Gasteiger partial charge in [-0.05, 0) is 55.2 Å². The Morgan fingerprint density at radius 3 is 2.54 bits per heavy atom. The lowest BCUT2D eigenvalue weighted by atomic mass is 9.82. The Balaban J connectivity index is 1.33. The number of aliphatic hydroxyl groups is 1. The maximum Gasteiger partial charge on any atom is 0.229 e. The predicted octanol–water partition coefficient (Wildman–Crippen LogP) is 4.73. The second-order valence-corrected chi connectivity index (χ2v) is 10.5. The fourth-order valence-corrected chi connectivity index (χ4v) is 5.86. The molecule has 4 rings (SSSR count). The van der Waals surface area contributed by atoms with Crippen LogP contribution in [0.15, 0.2) is 24.4 Å². The maximum absolute atomic E-state index is 11.1. The van der Waals surface area contributed by atoms with Crippen molar-refractivity contribution >= 4 is 45.0 Å². The molecule has 0 bridgehead atoms. The Bertz CT molecular complexity index is 967. The number of nitrogens with one attached hydrogen (secondary N) is 2. The van der Waals surface area contributed by atoms with E-state index in [4.69, 9.17) is 16.3 Å². The van der Waals surface area contributed by atoms with Crippen LogP contribution in [0.2, 0.25) is 5.02 Å². The van der Waals surface area contributed by atoms with E-state index in [0.717, 1.165) is 48.9 Å². The number of methoxy groups -OCH3 is 1. The van der Waals surface area contributed by atoms with Gasteiger partial charge in [0, 0.05) is 45.1 Å². The van der Waals surface area contributed by atoms with Crippen molar-refractivity contribution in [3.8, 4) is 5.75 Å². The van der Waals surface area contributed by atoms with E-state index in [0.29, 0.717) is 28.2 Å². The number of hydrogen-bond donors (Lipinski definition) is 3. The van der Waals surface area contributed by atoms with Gasteiger partial charge in [0.05, 0.1) is 19.0 Å². The minimum absolute atomic E-state index is 0.405. The van der Waals surface area contributed by atoms with Crippen molar-refractivity contribution in [2.45, 2.75) is 31.9 Å². The van der Waals surface area contributed by atoms with Gasteiger partial charge in [-0.1, -0.05) is 33.6 Å². The predicted molar refractivity (Wildman–Crippen MR) is 145 cm³/mol. The lowest BCUT2D eigenvalue weighted by Crippen LogP contribution is -2.49. The Morgan fingerprint density at radius 1 is 1.17 bits per heavy atom. The summed E-state index contributed by atoms with van der Waals surface area (Å²) >= 11 is 9.72. The first-order valence-electron chi connectivity index (χ1n) is 12.4. The third-order valence-corrected chi connectivity index (χ3v) is 8.40. The number of aliphatic hydroxyl groups excluding tert-OH is 1. The summed E-state index contributed by atoms with van der Waals surface area (Å²) in [4.78, 5) is 13.3. The highest BCUT2D eigenvalue weighted by molar-refractivity contribution is 9.09. The molecule has 2 aromatic rings. The molecule has 1 aliphatic carbocycles. The van der Waals surface area contributed by atoms with E-state index in [1.807, 2.05) is 18.2 Å². The Morgan fingerprint density at radius 2 is 1.89 bits per heavy atom. The van der Waals surface area contributed by atoms with Crippen LogP contribution in [0, 0.1) is 11.8 Å². The molecule has 1 unspecified atom stereocenters. The Hall–Kier alpha value is -1.65. The van der Waals surface area contributed by atoms with Gasteiger partial charge in [0.1, 0.15) is 22.8 Å². The summed E-state index contributed by atoms with van der Waals surface area (Å²) in [6, 6.07) is 5.67. The van der Waals surface area contributed by atoms with Crippen molar-refractivity contribution in [1.29, 1.82) is 0 Å². The molecule has 2 aliphatic rings. The van der Waals surface area contributed by atoms with E-state index >= 15 is 0 Å². The van der Waals surface area contributed by atoms with E-state index in [-0.39, 0.29) is 0 Å². The average molecular weight is 568 g/mol. The standard InChI is InChI=1S/C25H36BrClN6O2/c1-28-23-20(27)15-29-25(31-23)30-21-8-7-19(13-22(21)35-2)24(34)33-11-9-32(10-12-33)16-18-5-3-17(14-26)4-6-18/h7-8,13,15,17-18,24,34H,3-6,9-12,14,16H2,1-2H3,(H2,28,29,30,31). The van der Waals surface area contributed by atoms with E-state index < -0.39 is 6.23 Å². The largest absolute Gasteiger partial charge is 0.495 e. The summed E-state index contributed by atoms with van der Waals surface area (Å²) in [5.41, 5.74) is 1.52. The summed E-state index contributed by atoms with van der Waals surface area (Å²) < 4.78 is 5.59. The van der Waals surface area contributed by atoms with Gasteiger partial charge in [-0.3, -0.25) is 4.90 Å². The van der Waals surface area contributed by atoms with Crippen molar-refractivity contribution < 1.29 is 9.84 Å². The number of piperazine rings is 1. The van der Waals surface area contributed by atoms with Crippen LogP contribution in [-0.4, -0.2) is 77.1 Å². The van der Waals surface area contributed by atoms with E-state index in [2.05, 4.69) is 46.3 Å². The van der Waals surface area contributed by atoms with Crippen LogP contribution in [0.4, 0.5) is 17.5 Å². The van der Waals surface area contributed by atoms with E-state index in [1.54, 1.807) is 20.4 Å². The molecule has 1 aromatic heterocycles. The molecule has 35 heavy (non-hydrogen) atoms. The van der Waals surface area contributed by atoms with Crippen LogP contribution in [0.1, 0.15) is 37.5 Å². The van der Waals surface area contributed by atoms with Gasteiger partial charge in [-0.15, -0.1) is 0 Å². The molecule has 1 aliphatic heterocycles. The van der Waals surface area contributed by atoms with Crippen LogP contribution >= 0.6 is 27.5 Å². The molecule has 10 heteroatoms. The summed E-state index contributed by atoms with van der Waals surface area (Å²) in [6.45, 7) is 4.88. The third-order valence-electron chi connectivity index (χ3n) is 7.20. The SMILES string of the molecule is CNc1nc(Nc2ccc(C(O)N3CCN(CC4CCC(CBr)CC4)CC3)cc2OC)ncc1Cl. The van der Waals surface area contributed by atoms with Crippen LogP contribution in [-0.2, 0) is 0 Å². The first-order chi connectivity index (χ1) is 17.0. The summed E-state index contributed by atoms with van der Waals surface area (Å²) in [5, 5.41) is 18.8. The van der Waals surface area contributed by atoms with Crippen molar-refractivity contribution in [3.05, 3.63) is 35.0 Å². The second kappa shape index (κ2) is 12.5. The zero-order chi connectivity index (χ0) is 24.8. The van der Waals surface area contributed by atoms with Crippen LogP contribution in [0.5, 0.6) is 5.75 Å². The normalized spacial score (nSPS) is 22.5. The Kier molecular flexibility index (Phi) is 9.46. The molecular formula is C25H36BrClN6O2. The number of benzene rings is 1. The topological polar surface area (TPSA) is 85.8 Å². The number of anilines is 3. The second-order valence-electron chi connectivity index (χ2n) is 9.48. The molecule has 0 amide bonds. The molecule has 1 saturated heterocycles. The smallest absolute Gasteiger partial charge is 0.229 e. The zero-order valence-corrected chi connectivity index (χ0v) is 22.9. The first kappa shape index (κ1) is 26.4. The molecule has 1 aromatic carbocycles. The van der Waals surface area contributed by atoms with Crippen LogP contribution in [0.25, 0.3) is 0 Å². The number of halogens is 2. The number of aromatic nitrogens is 2. The van der Waals surface area contributed by atoms with Gasteiger partial charge in [-0.2, -0.15) is 4.98 Å². The highest BCUT2D eigenvalue weighted by Gasteiger charge is 2.27. The van der Waals surface area contributed by atoms with Crippen LogP contribution in [0.3, 0.4) is 0 Å². The minimum Gasteiger partial charge on any atom is -0.495 e. The van der Waals surface area contributed by atoms with Crippen molar-refractivity contribution in [3.63, 3.8) is 0 Å². The molecule has 2 heterocycles. The van der Waals surface area contributed by atoms with Gasteiger partial charge in [0.15, 0.2) is 0 Å². The fraction of sp³-hybridized carbons (Fsp3) is 0.600. The molecule has 8 nitrogen and oxygen atoms in total. The molecule has 0 spiro atoms. The number of nitrogens with zero attached hydrogens (tertiary/aromatic N) is 4. The van der Waals surface area contributed by atoms with Crippen molar-refractivity contribution in [2.75, 3.05) is 62.8 Å². The van der Waals surface area contributed by atoms with Gasteiger partial charge in [0.2, 0.25) is 5.95 Å². The quantitative estimate of drug-likeness (QED) is 0.375. The first-order valence-corrected chi connectivity index (χ1v) is 13.9. The summed E-state index contributed by atoms with van der Waals surface area (Å²) in [5.74, 6) is 3.24. The molecule has 3 N–H and O–H groups in total. The lowest BCUT2D eigenvalue weighted by molar-refractivity contribution is -0.0304. The lowest BCUT2D eigenvalue weighted by Gasteiger charge is -2.39. The van der Waals surface area contributed by atoms with Crippen molar-refractivity contribution in [2.24, 2.45) is 11.8 Å². The number of hydrogen-bond acceptors (Lipinski definition) is 8. The number of rotatable bonds is 9. The van der Waals surface area contributed by atoms with Gasteiger partial charge < -0.3 is 25.4 Å². The molecule has 2 fully saturated rings. The molecule has 192 valence electrons. The Labute approximate surface area is 221 Å². The number of alkyl halides is 1. The maximum atomic E-state index is 11.1. The molecule has 0 radical (unpaired) electrons. The zero-order valence-electron chi connectivity index (χ0n) is 20.5. The summed E-state index contributed by atoms with van der Waals surface area (Å²) in [7, 11) is 3.37. The monoisotopic (exact) mass is 566 g/mol. The van der Waals surface area contributed by atoms with Gasteiger partial charge in [0.25, 0.3) is 0 Å². The van der Waals surface area contributed by atoms with E-state index in [9.17, 15) is 5.11 Å². The highest BCUT2D eigenvalue weighted by atomic mass is 79.9. The van der Waals surface area contributed by atoms with E-state index in [1.165, 1.54) is 32.2 Å². The average Bonchev–Trinajstić information content (AvgIpc) is 2.90. The van der Waals surface area contributed by atoms with Crippen LogP contribution < -0.4 is 15.4 Å². The number of ether oxygens (including phenoxy) is 1. The van der Waals surface area contributed by atoms with Gasteiger partial charge >= 0.3 is 0 Å². The highest BCUT2D eigenvalue weighted by Crippen LogP contribution is 2.33. The molecular weight excluding hydrogens is 532 g/mol. The molecule has 1 atom stereocenters.